The molecule has 3 rings (SSSR count). The normalized spacial score (nSPS) is 28.1. The summed E-state index contributed by atoms with van der Waals surface area (Å²) < 4.78 is 24.0. The zero-order valence-corrected chi connectivity index (χ0v) is 15.9. The van der Waals surface area contributed by atoms with Gasteiger partial charge in [0.2, 0.25) is 0 Å². The largest absolute Gasteiger partial charge is 0.314 e. The molecular formula is C16H19ClN2O3S2. The van der Waals surface area contributed by atoms with Crippen molar-refractivity contribution in [2.45, 2.75) is 31.6 Å². The Morgan fingerprint density at radius 1 is 1.42 bits per heavy atom. The first-order chi connectivity index (χ1) is 11.3. The molecule has 1 amide bonds. The molecule has 1 aromatic rings. The Kier molecular flexibility index (Phi) is 4.95. The van der Waals surface area contributed by atoms with Crippen LogP contribution in [0.5, 0.6) is 0 Å². The topological polar surface area (TPSA) is 66.8 Å². The number of hydrogen-bond acceptors (Lipinski definition) is 4. The van der Waals surface area contributed by atoms with Crippen LogP contribution < -0.4 is 4.90 Å². The molecule has 3 atom stereocenters. The number of sulfone groups is 1. The number of para-hydroxylation sites is 1. The van der Waals surface area contributed by atoms with E-state index >= 15 is 0 Å². The highest BCUT2D eigenvalue weighted by molar-refractivity contribution is 8.16. The fraction of sp³-hybridized carbons (Fsp3) is 0.500. The molecule has 0 bridgehead atoms. The van der Waals surface area contributed by atoms with Crippen LogP contribution in [0.3, 0.4) is 0 Å². The molecule has 2 heterocycles. The third-order valence-electron chi connectivity index (χ3n) is 4.42. The van der Waals surface area contributed by atoms with E-state index < -0.39 is 9.84 Å². The number of rotatable bonds is 3. The number of nitrogens with zero attached hydrogens (tertiary/aromatic N) is 2. The van der Waals surface area contributed by atoms with Crippen LogP contribution in [0.15, 0.2) is 29.3 Å². The molecule has 0 aliphatic carbocycles. The molecule has 0 aromatic heterocycles. The summed E-state index contributed by atoms with van der Waals surface area (Å²) in [6, 6.07) is 7.02. The molecule has 2 aliphatic heterocycles. The molecule has 5 nitrogen and oxygen atoms in total. The van der Waals surface area contributed by atoms with Crippen LogP contribution in [0.1, 0.15) is 20.3 Å². The number of hydrogen-bond donors (Lipinski definition) is 0. The summed E-state index contributed by atoms with van der Waals surface area (Å²) in [4.78, 5) is 18.4. The summed E-state index contributed by atoms with van der Waals surface area (Å²) in [5.74, 6) is -0.165. The Balaban J connectivity index is 2.02. The number of anilines is 1. The number of fused-ring (bicyclic) bond motifs is 1. The number of amides is 1. The first kappa shape index (κ1) is 17.8. The summed E-state index contributed by atoms with van der Waals surface area (Å²) in [5, 5.41) is 0.958. The average molecular weight is 387 g/mol. The molecule has 130 valence electrons. The maximum Gasteiger partial charge on any atom is 0.250 e. The van der Waals surface area contributed by atoms with E-state index in [0.29, 0.717) is 22.3 Å². The molecule has 2 fully saturated rings. The van der Waals surface area contributed by atoms with Crippen LogP contribution in [0.2, 0.25) is 5.02 Å². The minimum absolute atomic E-state index is 0.0619. The van der Waals surface area contributed by atoms with Crippen molar-refractivity contribution in [3.8, 4) is 0 Å². The van der Waals surface area contributed by atoms with E-state index in [1.807, 2.05) is 36.9 Å². The minimum Gasteiger partial charge on any atom is -0.314 e. The third-order valence-corrected chi connectivity index (χ3v) is 7.95. The number of thioether (sulfide) groups is 1. The monoisotopic (exact) mass is 386 g/mol. The highest BCUT2D eigenvalue weighted by Crippen LogP contribution is 2.43. The predicted octanol–water partition coefficient (Wildman–Crippen LogP) is 2.99. The van der Waals surface area contributed by atoms with Crippen molar-refractivity contribution in [3.05, 3.63) is 29.3 Å². The van der Waals surface area contributed by atoms with E-state index in [2.05, 4.69) is 4.99 Å². The summed E-state index contributed by atoms with van der Waals surface area (Å²) in [5.41, 5.74) is 0.701. The fourth-order valence-electron chi connectivity index (χ4n) is 2.87. The van der Waals surface area contributed by atoms with Crippen LogP contribution in [0.4, 0.5) is 5.69 Å². The molecule has 0 saturated carbocycles. The van der Waals surface area contributed by atoms with Crippen molar-refractivity contribution in [3.63, 3.8) is 0 Å². The molecular weight excluding hydrogens is 368 g/mol. The second-order valence-electron chi connectivity index (χ2n) is 6.16. The van der Waals surface area contributed by atoms with Gasteiger partial charge in [-0.1, -0.05) is 49.3 Å². The van der Waals surface area contributed by atoms with Gasteiger partial charge in [-0.2, -0.15) is 4.99 Å². The zero-order chi connectivity index (χ0) is 17.5. The molecule has 0 spiro atoms. The molecule has 1 aromatic carbocycles. The van der Waals surface area contributed by atoms with Crippen molar-refractivity contribution in [2.24, 2.45) is 10.9 Å². The summed E-state index contributed by atoms with van der Waals surface area (Å²) in [7, 11) is -3.08. The molecule has 0 unspecified atom stereocenters. The van der Waals surface area contributed by atoms with Crippen molar-refractivity contribution in [1.29, 1.82) is 0 Å². The van der Waals surface area contributed by atoms with E-state index in [1.54, 1.807) is 6.07 Å². The quantitative estimate of drug-likeness (QED) is 0.798. The lowest BCUT2D eigenvalue weighted by Crippen LogP contribution is -2.38. The van der Waals surface area contributed by atoms with Gasteiger partial charge in [0.1, 0.15) is 0 Å². The van der Waals surface area contributed by atoms with Crippen LogP contribution in [0, 0.1) is 5.92 Å². The van der Waals surface area contributed by atoms with Gasteiger partial charge < -0.3 is 4.90 Å². The lowest BCUT2D eigenvalue weighted by atomic mass is 10.1. The molecule has 0 radical (unpaired) electrons. The van der Waals surface area contributed by atoms with Gasteiger partial charge in [-0.15, -0.1) is 0 Å². The standard InChI is InChI=1S/C16H19ClN2O3S2/c1-3-10(2)15(20)18-16-19(12-7-5-4-6-11(12)17)13-8-24(21,22)9-14(13)23-16/h4-7,10,13-14H,3,8-9H2,1-2H3/t10-,13-,14+/m0/s1. The van der Waals surface area contributed by atoms with Crippen molar-refractivity contribution in [2.75, 3.05) is 16.4 Å². The summed E-state index contributed by atoms with van der Waals surface area (Å²) in [6.45, 7) is 3.79. The van der Waals surface area contributed by atoms with E-state index in [0.717, 1.165) is 0 Å². The Labute approximate surface area is 151 Å². The van der Waals surface area contributed by atoms with E-state index in [1.165, 1.54) is 11.8 Å². The van der Waals surface area contributed by atoms with Gasteiger partial charge in [0.15, 0.2) is 15.0 Å². The van der Waals surface area contributed by atoms with Crippen LogP contribution in [-0.4, -0.2) is 42.3 Å². The van der Waals surface area contributed by atoms with E-state index in [9.17, 15) is 13.2 Å². The number of benzene rings is 1. The lowest BCUT2D eigenvalue weighted by molar-refractivity contribution is -0.121. The number of halogens is 1. The Bertz CT molecular complexity index is 794. The third kappa shape index (κ3) is 3.34. The zero-order valence-electron chi connectivity index (χ0n) is 13.5. The summed E-state index contributed by atoms with van der Waals surface area (Å²) >= 11 is 7.69. The van der Waals surface area contributed by atoms with Gasteiger partial charge in [-0.25, -0.2) is 8.42 Å². The van der Waals surface area contributed by atoms with Crippen molar-refractivity contribution >= 4 is 50.0 Å². The van der Waals surface area contributed by atoms with Gasteiger partial charge in [-0.3, -0.25) is 4.79 Å². The number of amidine groups is 1. The van der Waals surface area contributed by atoms with E-state index in [-0.39, 0.29) is 34.6 Å². The lowest BCUT2D eigenvalue weighted by Gasteiger charge is -2.25. The van der Waals surface area contributed by atoms with Gasteiger partial charge in [-0.05, 0) is 18.6 Å². The highest BCUT2D eigenvalue weighted by Gasteiger charge is 2.49. The van der Waals surface area contributed by atoms with Crippen molar-refractivity contribution < 1.29 is 13.2 Å². The first-order valence-corrected chi connectivity index (χ1v) is 10.9. The van der Waals surface area contributed by atoms with Crippen LogP contribution in [0.25, 0.3) is 0 Å². The molecule has 2 aliphatic rings. The molecule has 0 N–H and O–H groups in total. The first-order valence-electron chi connectivity index (χ1n) is 7.85. The predicted molar refractivity (Wildman–Crippen MR) is 99.6 cm³/mol. The maximum absolute atomic E-state index is 12.3. The van der Waals surface area contributed by atoms with Gasteiger partial charge in [0.05, 0.1) is 28.3 Å². The van der Waals surface area contributed by atoms with Crippen molar-refractivity contribution in [1.82, 2.24) is 0 Å². The number of carbonyl (C=O) groups excluding carboxylic acids is 1. The Morgan fingerprint density at radius 3 is 2.79 bits per heavy atom. The summed E-state index contributed by atoms with van der Waals surface area (Å²) in [6.07, 6.45) is 0.716. The van der Waals surface area contributed by atoms with Gasteiger partial charge in [0.25, 0.3) is 5.91 Å². The fourth-order valence-corrected chi connectivity index (χ4v) is 7.01. The van der Waals surface area contributed by atoms with Gasteiger partial charge >= 0.3 is 0 Å². The molecule has 8 heteroatoms. The Hall–Kier alpha value is -1.05. The number of carbonyl (C=O) groups is 1. The average Bonchev–Trinajstić information content (AvgIpc) is 2.98. The van der Waals surface area contributed by atoms with E-state index in [4.69, 9.17) is 11.6 Å². The molecule has 24 heavy (non-hydrogen) atoms. The SMILES string of the molecule is CC[C@H](C)C(=O)N=C1S[C@@H]2CS(=O)(=O)C[C@@H]2N1c1ccccc1Cl. The van der Waals surface area contributed by atoms with Crippen LogP contribution in [-0.2, 0) is 14.6 Å². The van der Waals surface area contributed by atoms with Crippen LogP contribution >= 0.6 is 23.4 Å². The minimum atomic E-state index is -3.08. The second kappa shape index (κ2) is 6.69. The van der Waals surface area contributed by atoms with Gasteiger partial charge in [0, 0.05) is 11.2 Å². The highest BCUT2D eigenvalue weighted by atomic mass is 35.5. The number of aliphatic imine (C=N–C) groups is 1. The maximum atomic E-state index is 12.3. The Morgan fingerprint density at radius 2 is 2.12 bits per heavy atom. The smallest absolute Gasteiger partial charge is 0.250 e. The second-order valence-corrected chi connectivity index (χ2v) is 9.93. The molecule has 2 saturated heterocycles.